The van der Waals surface area contributed by atoms with Gasteiger partial charge in [-0.25, -0.2) is 0 Å². The summed E-state index contributed by atoms with van der Waals surface area (Å²) < 4.78 is 5.77. The summed E-state index contributed by atoms with van der Waals surface area (Å²) in [6.45, 7) is 5.85. The number of halogens is 1. The Balaban J connectivity index is 1.38. The number of carbonyl (C=O) groups excluding carboxylic acids is 1. The number of piperazine rings is 1. The van der Waals surface area contributed by atoms with Gasteiger partial charge in [0, 0.05) is 43.3 Å². The van der Waals surface area contributed by atoms with Gasteiger partial charge in [-0.15, -0.1) is 0 Å². The van der Waals surface area contributed by atoms with Crippen LogP contribution in [0.1, 0.15) is 18.4 Å². The maximum atomic E-state index is 12.4. The van der Waals surface area contributed by atoms with Crippen molar-refractivity contribution >= 4 is 23.2 Å². The highest BCUT2D eigenvalue weighted by atomic mass is 35.5. The van der Waals surface area contributed by atoms with Gasteiger partial charge in [-0.1, -0.05) is 29.8 Å². The van der Waals surface area contributed by atoms with Crippen LogP contribution in [0.4, 0.5) is 5.69 Å². The summed E-state index contributed by atoms with van der Waals surface area (Å²) in [5.74, 6) is 1.05. The molecule has 1 amide bonds. The maximum Gasteiger partial charge on any atom is 0.222 e. The third-order valence-corrected chi connectivity index (χ3v) is 4.92. The molecule has 0 unspecified atom stereocenters. The maximum absolute atomic E-state index is 12.4. The molecule has 0 N–H and O–H groups in total. The second kappa shape index (κ2) is 8.95. The van der Waals surface area contributed by atoms with Crippen LogP contribution < -0.4 is 9.64 Å². The van der Waals surface area contributed by atoms with Gasteiger partial charge in [0.25, 0.3) is 0 Å². The predicted molar refractivity (Wildman–Crippen MR) is 106 cm³/mol. The van der Waals surface area contributed by atoms with Gasteiger partial charge in [0.05, 0.1) is 6.61 Å². The number of ether oxygens (including phenoxy) is 1. The standard InChI is InChI=1S/C21H25ClN2O2/c1-17-16-18(22)9-10-20(17)26-15-5-8-21(25)24-13-11-23(12-14-24)19-6-3-2-4-7-19/h2-4,6-7,9-10,16H,5,8,11-15H2,1H3. The van der Waals surface area contributed by atoms with Gasteiger partial charge in [-0.2, -0.15) is 0 Å². The van der Waals surface area contributed by atoms with E-state index in [1.807, 2.05) is 36.1 Å². The van der Waals surface area contributed by atoms with E-state index in [4.69, 9.17) is 16.3 Å². The molecule has 0 spiro atoms. The van der Waals surface area contributed by atoms with Crippen molar-refractivity contribution in [3.05, 3.63) is 59.1 Å². The van der Waals surface area contributed by atoms with Gasteiger partial charge in [0.2, 0.25) is 5.91 Å². The van der Waals surface area contributed by atoms with Crippen LogP contribution in [-0.2, 0) is 4.79 Å². The van der Waals surface area contributed by atoms with Gasteiger partial charge < -0.3 is 14.5 Å². The Morgan fingerprint density at radius 1 is 1.08 bits per heavy atom. The average molecular weight is 373 g/mol. The Bertz CT molecular complexity index is 728. The normalized spacial score (nSPS) is 14.4. The molecule has 1 aliphatic rings. The fourth-order valence-corrected chi connectivity index (χ4v) is 3.42. The number of benzene rings is 2. The van der Waals surface area contributed by atoms with E-state index in [1.54, 1.807) is 0 Å². The van der Waals surface area contributed by atoms with E-state index in [0.29, 0.717) is 18.1 Å². The summed E-state index contributed by atoms with van der Waals surface area (Å²) in [5.41, 5.74) is 2.24. The highest BCUT2D eigenvalue weighted by Gasteiger charge is 2.20. The monoisotopic (exact) mass is 372 g/mol. The van der Waals surface area contributed by atoms with E-state index in [-0.39, 0.29) is 5.91 Å². The van der Waals surface area contributed by atoms with Crippen molar-refractivity contribution in [1.29, 1.82) is 0 Å². The lowest BCUT2D eigenvalue weighted by molar-refractivity contribution is -0.131. The van der Waals surface area contributed by atoms with E-state index in [0.717, 1.165) is 43.9 Å². The number of hydrogen-bond acceptors (Lipinski definition) is 3. The molecule has 2 aromatic carbocycles. The van der Waals surface area contributed by atoms with Crippen LogP contribution in [0.2, 0.25) is 5.02 Å². The van der Waals surface area contributed by atoms with Crippen molar-refractivity contribution in [3.8, 4) is 5.75 Å². The molecule has 0 saturated carbocycles. The highest BCUT2D eigenvalue weighted by molar-refractivity contribution is 6.30. The molecule has 5 heteroatoms. The van der Waals surface area contributed by atoms with Crippen LogP contribution in [0.25, 0.3) is 0 Å². The summed E-state index contributed by atoms with van der Waals surface area (Å²) >= 11 is 5.95. The molecule has 1 aliphatic heterocycles. The SMILES string of the molecule is Cc1cc(Cl)ccc1OCCCC(=O)N1CCN(c2ccccc2)CC1. The van der Waals surface area contributed by atoms with Crippen LogP contribution in [0, 0.1) is 6.92 Å². The molecule has 2 aromatic rings. The lowest BCUT2D eigenvalue weighted by Crippen LogP contribution is -2.48. The lowest BCUT2D eigenvalue weighted by atomic mass is 10.2. The molecule has 0 bridgehead atoms. The smallest absolute Gasteiger partial charge is 0.222 e. The molecule has 3 rings (SSSR count). The average Bonchev–Trinajstić information content (AvgIpc) is 2.67. The predicted octanol–water partition coefficient (Wildman–Crippen LogP) is 4.16. The van der Waals surface area contributed by atoms with Gasteiger partial charge in [0.15, 0.2) is 0 Å². The minimum atomic E-state index is 0.217. The summed E-state index contributed by atoms with van der Waals surface area (Å²) in [4.78, 5) is 16.7. The first-order chi connectivity index (χ1) is 12.6. The van der Waals surface area contributed by atoms with Gasteiger partial charge in [0.1, 0.15) is 5.75 Å². The van der Waals surface area contributed by atoms with Crippen LogP contribution in [0.3, 0.4) is 0 Å². The zero-order valence-corrected chi connectivity index (χ0v) is 15.9. The Hall–Kier alpha value is -2.20. The molecule has 4 nitrogen and oxygen atoms in total. The third kappa shape index (κ3) is 4.92. The number of hydrogen-bond donors (Lipinski definition) is 0. The zero-order chi connectivity index (χ0) is 18.4. The lowest BCUT2D eigenvalue weighted by Gasteiger charge is -2.36. The molecule has 1 fully saturated rings. The Morgan fingerprint density at radius 3 is 2.50 bits per heavy atom. The second-order valence-corrected chi connectivity index (χ2v) is 7.00. The molecular formula is C21H25ClN2O2. The van der Waals surface area contributed by atoms with Gasteiger partial charge in [-0.3, -0.25) is 4.79 Å². The fraction of sp³-hybridized carbons (Fsp3) is 0.381. The number of amides is 1. The Labute approximate surface area is 160 Å². The molecule has 138 valence electrons. The van der Waals surface area contributed by atoms with E-state index in [2.05, 4.69) is 29.2 Å². The molecule has 1 heterocycles. The number of anilines is 1. The third-order valence-electron chi connectivity index (χ3n) is 4.68. The number of carbonyl (C=O) groups is 1. The second-order valence-electron chi connectivity index (χ2n) is 6.57. The van der Waals surface area contributed by atoms with Crippen LogP contribution >= 0.6 is 11.6 Å². The molecule has 0 aliphatic carbocycles. The van der Waals surface area contributed by atoms with Crippen molar-refractivity contribution in [2.24, 2.45) is 0 Å². The number of rotatable bonds is 6. The summed E-state index contributed by atoms with van der Waals surface area (Å²) in [6, 6.07) is 15.9. The van der Waals surface area contributed by atoms with E-state index in [1.165, 1.54) is 5.69 Å². The van der Waals surface area contributed by atoms with Gasteiger partial charge in [-0.05, 0) is 49.2 Å². The van der Waals surface area contributed by atoms with E-state index >= 15 is 0 Å². The number of para-hydroxylation sites is 1. The number of aryl methyl sites for hydroxylation is 1. The molecule has 1 saturated heterocycles. The van der Waals surface area contributed by atoms with Crippen molar-refractivity contribution in [1.82, 2.24) is 4.90 Å². The van der Waals surface area contributed by atoms with Crippen molar-refractivity contribution < 1.29 is 9.53 Å². The quantitative estimate of drug-likeness (QED) is 0.714. The number of nitrogens with zero attached hydrogens (tertiary/aromatic N) is 2. The Morgan fingerprint density at radius 2 is 1.81 bits per heavy atom. The van der Waals surface area contributed by atoms with Crippen molar-refractivity contribution in [2.75, 3.05) is 37.7 Å². The summed E-state index contributed by atoms with van der Waals surface area (Å²) in [7, 11) is 0. The summed E-state index contributed by atoms with van der Waals surface area (Å²) in [5, 5.41) is 0.708. The molecule has 0 radical (unpaired) electrons. The van der Waals surface area contributed by atoms with Crippen molar-refractivity contribution in [2.45, 2.75) is 19.8 Å². The molecule has 0 aromatic heterocycles. The first kappa shape index (κ1) is 18.6. The molecule has 26 heavy (non-hydrogen) atoms. The van der Waals surface area contributed by atoms with Crippen molar-refractivity contribution in [3.63, 3.8) is 0 Å². The first-order valence-corrected chi connectivity index (χ1v) is 9.48. The van der Waals surface area contributed by atoms with Crippen LogP contribution in [0.5, 0.6) is 5.75 Å². The van der Waals surface area contributed by atoms with Crippen LogP contribution in [0.15, 0.2) is 48.5 Å². The summed E-state index contributed by atoms with van der Waals surface area (Å²) in [6.07, 6.45) is 1.25. The van der Waals surface area contributed by atoms with Crippen LogP contribution in [-0.4, -0.2) is 43.6 Å². The first-order valence-electron chi connectivity index (χ1n) is 9.10. The van der Waals surface area contributed by atoms with E-state index < -0.39 is 0 Å². The minimum absolute atomic E-state index is 0.217. The zero-order valence-electron chi connectivity index (χ0n) is 15.2. The molecule has 0 atom stereocenters. The Kier molecular flexibility index (Phi) is 6.40. The van der Waals surface area contributed by atoms with Gasteiger partial charge >= 0.3 is 0 Å². The topological polar surface area (TPSA) is 32.8 Å². The minimum Gasteiger partial charge on any atom is -0.493 e. The van der Waals surface area contributed by atoms with E-state index in [9.17, 15) is 4.79 Å². The molecular weight excluding hydrogens is 348 g/mol. The fourth-order valence-electron chi connectivity index (χ4n) is 3.19. The highest BCUT2D eigenvalue weighted by Crippen LogP contribution is 2.22. The largest absolute Gasteiger partial charge is 0.493 e.